The van der Waals surface area contributed by atoms with Gasteiger partial charge >= 0.3 is 6.18 Å². The van der Waals surface area contributed by atoms with E-state index in [9.17, 15) is 22.8 Å². The molecule has 0 unspecified atom stereocenters. The molecule has 2 aromatic rings. The molecular weight excluding hydrogens is 457 g/mol. The first-order valence-electron chi connectivity index (χ1n) is 10.3. The first-order valence-corrected chi connectivity index (χ1v) is 11.2. The number of hydrogen-bond acceptors (Lipinski definition) is 8. The van der Waals surface area contributed by atoms with Crippen LogP contribution in [0.5, 0.6) is 0 Å². The van der Waals surface area contributed by atoms with Crippen LogP contribution < -0.4 is 15.5 Å². The van der Waals surface area contributed by atoms with E-state index in [2.05, 4.69) is 30.5 Å². The second-order valence-corrected chi connectivity index (χ2v) is 8.75. The van der Waals surface area contributed by atoms with Gasteiger partial charge in [-0.3, -0.25) is 19.9 Å². The maximum absolute atomic E-state index is 12.6. The fraction of sp³-hybridized carbons (Fsp3) is 0.381. The number of piperidine rings is 1. The molecule has 0 atom stereocenters. The van der Waals surface area contributed by atoms with E-state index in [1.807, 2.05) is 0 Å². The number of alkyl halides is 3. The fourth-order valence-corrected chi connectivity index (χ4v) is 4.26. The minimum atomic E-state index is -4.38. The maximum Gasteiger partial charge on any atom is 0.417 e. The summed E-state index contributed by atoms with van der Waals surface area (Å²) < 4.78 is 37.8. The third-order valence-corrected chi connectivity index (χ3v) is 6.18. The summed E-state index contributed by atoms with van der Waals surface area (Å²) in [6, 6.07) is 4.11. The normalized spacial score (nSPS) is 18.8. The van der Waals surface area contributed by atoms with Crippen molar-refractivity contribution in [2.24, 2.45) is 5.92 Å². The zero-order valence-electron chi connectivity index (χ0n) is 17.4. The third-order valence-electron chi connectivity index (χ3n) is 5.37. The Morgan fingerprint density at radius 3 is 2.61 bits per heavy atom. The second-order valence-electron chi connectivity index (χ2n) is 7.73. The Morgan fingerprint density at radius 2 is 1.97 bits per heavy atom. The number of amides is 2. The predicted octanol–water partition coefficient (Wildman–Crippen LogP) is 3.22. The van der Waals surface area contributed by atoms with Gasteiger partial charge in [-0.15, -0.1) is 0 Å². The highest BCUT2D eigenvalue weighted by molar-refractivity contribution is 8.18. The Balaban J connectivity index is 1.25. The molecule has 8 nitrogen and oxygen atoms in total. The quantitative estimate of drug-likeness (QED) is 0.611. The largest absolute Gasteiger partial charge is 0.417 e. The molecule has 2 aliphatic rings. The summed E-state index contributed by atoms with van der Waals surface area (Å²) in [6.45, 7) is 2.67. The Morgan fingerprint density at radius 1 is 1.18 bits per heavy atom. The first kappa shape index (κ1) is 23.2. The van der Waals surface area contributed by atoms with Crippen LogP contribution in [-0.2, 0) is 17.5 Å². The number of nitrogens with one attached hydrogen (secondary N) is 2. The summed E-state index contributed by atoms with van der Waals surface area (Å²) in [5.41, 5.74) is 0.371. The van der Waals surface area contributed by atoms with Crippen molar-refractivity contribution in [3.63, 3.8) is 0 Å². The molecule has 0 radical (unpaired) electrons. The number of carbonyl (C=O) groups excluding carboxylic acids is 2. The van der Waals surface area contributed by atoms with Gasteiger partial charge in [0, 0.05) is 32.0 Å². The topological polar surface area (TPSA) is 100 Å². The maximum atomic E-state index is 12.6. The third kappa shape index (κ3) is 6.08. The van der Waals surface area contributed by atoms with E-state index in [1.165, 1.54) is 6.07 Å². The van der Waals surface area contributed by atoms with Gasteiger partial charge < -0.3 is 10.2 Å². The SMILES string of the molecule is O=C1NC(=O)/C(=C\c2ccnc(N3CCC(CNCc4ccc(C(F)(F)F)cn4)CC3)n2)S1. The van der Waals surface area contributed by atoms with E-state index in [0.717, 1.165) is 56.5 Å². The minimum Gasteiger partial charge on any atom is -0.341 e. The van der Waals surface area contributed by atoms with Crippen LogP contribution in [0.25, 0.3) is 6.08 Å². The van der Waals surface area contributed by atoms with E-state index in [1.54, 1.807) is 18.3 Å². The van der Waals surface area contributed by atoms with Gasteiger partial charge in [0.25, 0.3) is 11.1 Å². The summed E-state index contributed by atoms with van der Waals surface area (Å²) in [5, 5.41) is 5.09. The molecule has 33 heavy (non-hydrogen) atoms. The zero-order valence-corrected chi connectivity index (χ0v) is 18.2. The Kier molecular flexibility index (Phi) is 6.94. The van der Waals surface area contributed by atoms with Gasteiger partial charge in [0.05, 0.1) is 21.9 Å². The number of hydrogen-bond donors (Lipinski definition) is 2. The van der Waals surface area contributed by atoms with Crippen LogP contribution in [0, 0.1) is 5.92 Å². The zero-order chi connectivity index (χ0) is 23.4. The molecule has 2 N–H and O–H groups in total. The summed E-state index contributed by atoms with van der Waals surface area (Å²) in [6.07, 6.45) is 1.50. The smallest absolute Gasteiger partial charge is 0.341 e. The summed E-state index contributed by atoms with van der Waals surface area (Å²) in [4.78, 5) is 38.1. The highest BCUT2D eigenvalue weighted by Crippen LogP contribution is 2.28. The van der Waals surface area contributed by atoms with Crippen molar-refractivity contribution in [1.29, 1.82) is 0 Å². The molecule has 174 valence electrons. The minimum absolute atomic E-state index is 0.303. The molecule has 2 saturated heterocycles. The van der Waals surface area contributed by atoms with Gasteiger partial charge in [0.2, 0.25) is 5.95 Å². The van der Waals surface area contributed by atoms with Gasteiger partial charge in [-0.25, -0.2) is 9.97 Å². The lowest BCUT2D eigenvalue weighted by molar-refractivity contribution is -0.137. The number of imide groups is 1. The van der Waals surface area contributed by atoms with Crippen molar-refractivity contribution >= 4 is 34.9 Å². The molecule has 0 aromatic carbocycles. The monoisotopic (exact) mass is 478 g/mol. The number of nitrogens with zero attached hydrogens (tertiary/aromatic N) is 4. The summed E-state index contributed by atoms with van der Waals surface area (Å²) in [7, 11) is 0. The highest BCUT2D eigenvalue weighted by atomic mass is 32.2. The lowest BCUT2D eigenvalue weighted by Crippen LogP contribution is -2.38. The Hall–Kier alpha value is -2.99. The average Bonchev–Trinajstić information content (AvgIpc) is 3.10. The molecule has 0 saturated carbocycles. The second kappa shape index (κ2) is 9.87. The van der Waals surface area contributed by atoms with Gasteiger partial charge in [-0.05, 0) is 61.3 Å². The molecule has 0 spiro atoms. The van der Waals surface area contributed by atoms with E-state index in [4.69, 9.17) is 0 Å². The van der Waals surface area contributed by atoms with Crippen molar-refractivity contribution in [3.05, 3.63) is 52.4 Å². The van der Waals surface area contributed by atoms with E-state index in [-0.39, 0.29) is 0 Å². The number of pyridine rings is 1. The molecule has 2 aliphatic heterocycles. The van der Waals surface area contributed by atoms with Crippen LogP contribution >= 0.6 is 11.8 Å². The van der Waals surface area contributed by atoms with Crippen molar-refractivity contribution in [2.45, 2.75) is 25.6 Å². The fourth-order valence-electron chi connectivity index (χ4n) is 3.59. The molecule has 4 heterocycles. The summed E-state index contributed by atoms with van der Waals surface area (Å²) in [5.74, 6) is 0.565. The lowest BCUT2D eigenvalue weighted by atomic mass is 9.97. The lowest BCUT2D eigenvalue weighted by Gasteiger charge is -2.32. The molecule has 2 fully saturated rings. The van der Waals surface area contributed by atoms with Crippen molar-refractivity contribution < 1.29 is 22.8 Å². The van der Waals surface area contributed by atoms with Crippen LogP contribution in [0.15, 0.2) is 35.5 Å². The molecule has 2 amide bonds. The van der Waals surface area contributed by atoms with E-state index < -0.39 is 22.9 Å². The van der Waals surface area contributed by atoms with Crippen LogP contribution in [0.2, 0.25) is 0 Å². The number of anilines is 1. The number of carbonyl (C=O) groups is 2. The molecule has 4 rings (SSSR count). The van der Waals surface area contributed by atoms with Gasteiger partial charge in [-0.2, -0.15) is 13.2 Å². The number of halogens is 3. The first-order chi connectivity index (χ1) is 15.8. The van der Waals surface area contributed by atoms with Gasteiger partial charge in [-0.1, -0.05) is 0 Å². The Labute approximate surface area is 192 Å². The molecular formula is C21H21F3N6O2S. The molecule has 12 heteroatoms. The highest BCUT2D eigenvalue weighted by Gasteiger charge is 2.30. The summed E-state index contributed by atoms with van der Waals surface area (Å²) >= 11 is 0.844. The number of thioether (sulfide) groups is 1. The number of rotatable bonds is 6. The van der Waals surface area contributed by atoms with E-state index in [0.29, 0.717) is 34.7 Å². The molecule has 0 bridgehead atoms. The molecule has 2 aromatic heterocycles. The van der Waals surface area contributed by atoms with Crippen LogP contribution in [0.4, 0.5) is 23.9 Å². The predicted molar refractivity (Wildman–Crippen MR) is 117 cm³/mol. The Bertz CT molecular complexity index is 1050. The van der Waals surface area contributed by atoms with Crippen molar-refractivity contribution in [3.8, 4) is 0 Å². The van der Waals surface area contributed by atoms with Crippen LogP contribution in [0.1, 0.15) is 29.8 Å². The van der Waals surface area contributed by atoms with Crippen LogP contribution in [0.3, 0.4) is 0 Å². The van der Waals surface area contributed by atoms with Crippen molar-refractivity contribution in [1.82, 2.24) is 25.6 Å². The average molecular weight is 479 g/mol. The van der Waals surface area contributed by atoms with Crippen LogP contribution in [-0.4, -0.2) is 45.7 Å². The van der Waals surface area contributed by atoms with Gasteiger partial charge in [0.1, 0.15) is 0 Å². The molecule has 0 aliphatic carbocycles. The van der Waals surface area contributed by atoms with E-state index >= 15 is 0 Å². The van der Waals surface area contributed by atoms with Crippen molar-refractivity contribution in [2.75, 3.05) is 24.5 Å². The standard InChI is InChI=1S/C21H21F3N6O2S/c22-21(23,24)14-1-2-16(27-11-14)12-25-10-13-4-7-30(8-5-13)19-26-6-3-15(28-19)9-17-18(31)29-20(32)33-17/h1-3,6,9,11,13,25H,4-5,7-8,10,12H2,(H,29,31,32)/b17-9+. The van der Waals surface area contributed by atoms with Gasteiger partial charge in [0.15, 0.2) is 0 Å². The number of aromatic nitrogens is 3.